The Kier molecular flexibility index (Phi) is 3.28. The molecule has 0 amide bonds. The number of carboxylic acid groups (broad SMARTS) is 1. The van der Waals surface area contributed by atoms with E-state index in [0.717, 1.165) is 12.8 Å². The lowest BCUT2D eigenvalue weighted by Crippen LogP contribution is -2.05. The number of rotatable bonds is 4. The van der Waals surface area contributed by atoms with Gasteiger partial charge in [-0.05, 0) is 20.3 Å². The van der Waals surface area contributed by atoms with Gasteiger partial charge in [0.2, 0.25) is 0 Å². The lowest BCUT2D eigenvalue weighted by atomic mass is 10.2. The third kappa shape index (κ3) is 2.13. The van der Waals surface area contributed by atoms with E-state index in [2.05, 4.69) is 12.0 Å². The van der Waals surface area contributed by atoms with Gasteiger partial charge in [-0.3, -0.25) is 4.68 Å². The van der Waals surface area contributed by atoms with Crippen LogP contribution >= 0.6 is 0 Å². The fraction of sp³-hybridized carbons (Fsp3) is 0.600. The molecule has 1 aromatic heterocycles. The van der Waals surface area contributed by atoms with Crippen LogP contribution in [0.4, 0.5) is 0 Å². The van der Waals surface area contributed by atoms with E-state index < -0.39 is 5.97 Å². The molecule has 1 atom stereocenters. The van der Waals surface area contributed by atoms with Gasteiger partial charge in [0.15, 0.2) is 0 Å². The predicted molar refractivity (Wildman–Crippen MR) is 53.5 cm³/mol. The molecular weight excluding hydrogens is 180 g/mol. The van der Waals surface area contributed by atoms with Crippen LogP contribution in [0.1, 0.15) is 48.8 Å². The molecule has 0 fully saturated rings. The van der Waals surface area contributed by atoms with Gasteiger partial charge >= 0.3 is 5.97 Å². The molecule has 0 saturated carbocycles. The maximum absolute atomic E-state index is 10.8. The highest BCUT2D eigenvalue weighted by Crippen LogP contribution is 2.14. The van der Waals surface area contributed by atoms with Crippen LogP contribution in [-0.4, -0.2) is 20.9 Å². The molecule has 0 aromatic carbocycles. The molecular formula is C10H16N2O2. The maximum atomic E-state index is 10.8. The zero-order valence-electron chi connectivity index (χ0n) is 8.82. The Morgan fingerprint density at radius 1 is 1.71 bits per heavy atom. The summed E-state index contributed by atoms with van der Waals surface area (Å²) in [4.78, 5) is 10.8. The van der Waals surface area contributed by atoms with Crippen LogP contribution < -0.4 is 0 Å². The number of aryl methyl sites for hydroxylation is 1. The molecule has 1 aromatic rings. The first-order valence-corrected chi connectivity index (χ1v) is 4.85. The molecule has 0 aliphatic carbocycles. The van der Waals surface area contributed by atoms with Crippen molar-refractivity contribution in [3.05, 3.63) is 17.5 Å². The molecule has 0 aliphatic rings. The first-order valence-electron chi connectivity index (χ1n) is 4.85. The molecule has 4 nitrogen and oxygen atoms in total. The largest absolute Gasteiger partial charge is 0.478 e. The van der Waals surface area contributed by atoms with Crippen LogP contribution in [-0.2, 0) is 0 Å². The first kappa shape index (κ1) is 10.8. The van der Waals surface area contributed by atoms with Gasteiger partial charge < -0.3 is 5.11 Å². The molecule has 0 radical (unpaired) electrons. The normalized spacial score (nSPS) is 12.8. The number of aromatic carboxylic acids is 1. The smallest absolute Gasteiger partial charge is 0.339 e. The maximum Gasteiger partial charge on any atom is 0.339 e. The third-order valence-electron chi connectivity index (χ3n) is 2.31. The number of carbonyl (C=O) groups is 1. The van der Waals surface area contributed by atoms with Gasteiger partial charge in [-0.2, -0.15) is 5.10 Å². The second-order valence-electron chi connectivity index (χ2n) is 3.55. The van der Waals surface area contributed by atoms with Crippen LogP contribution in [0.15, 0.2) is 6.20 Å². The Morgan fingerprint density at radius 2 is 2.36 bits per heavy atom. The lowest BCUT2D eigenvalue weighted by molar-refractivity contribution is 0.0696. The molecule has 0 aliphatic heterocycles. The fourth-order valence-electron chi connectivity index (χ4n) is 1.47. The van der Waals surface area contributed by atoms with Gasteiger partial charge in [-0.15, -0.1) is 0 Å². The summed E-state index contributed by atoms with van der Waals surface area (Å²) in [5, 5.41) is 13.0. The van der Waals surface area contributed by atoms with Crippen molar-refractivity contribution in [1.29, 1.82) is 0 Å². The van der Waals surface area contributed by atoms with Crippen LogP contribution in [0.2, 0.25) is 0 Å². The molecule has 1 rings (SSSR count). The van der Waals surface area contributed by atoms with Crippen LogP contribution in [0, 0.1) is 6.92 Å². The Balaban J connectivity index is 2.90. The molecule has 1 unspecified atom stereocenters. The average molecular weight is 196 g/mol. The van der Waals surface area contributed by atoms with Gasteiger partial charge in [0.25, 0.3) is 0 Å². The van der Waals surface area contributed by atoms with Crippen LogP contribution in [0.3, 0.4) is 0 Å². The van der Waals surface area contributed by atoms with E-state index in [1.54, 1.807) is 17.8 Å². The number of nitrogens with zero attached hydrogens (tertiary/aromatic N) is 2. The highest BCUT2D eigenvalue weighted by Gasteiger charge is 2.14. The van der Waals surface area contributed by atoms with Crippen molar-refractivity contribution in [1.82, 2.24) is 9.78 Å². The monoisotopic (exact) mass is 196 g/mol. The average Bonchev–Trinajstić information content (AvgIpc) is 2.48. The number of carboxylic acids is 1. The predicted octanol–water partition coefficient (Wildman–Crippen LogP) is 2.25. The van der Waals surface area contributed by atoms with Crippen molar-refractivity contribution < 1.29 is 9.90 Å². The van der Waals surface area contributed by atoms with Crippen LogP contribution in [0.5, 0.6) is 0 Å². The highest BCUT2D eigenvalue weighted by atomic mass is 16.4. The summed E-state index contributed by atoms with van der Waals surface area (Å²) in [6.07, 6.45) is 3.70. The number of hydrogen-bond acceptors (Lipinski definition) is 2. The quantitative estimate of drug-likeness (QED) is 0.803. The second kappa shape index (κ2) is 4.26. The summed E-state index contributed by atoms with van der Waals surface area (Å²) in [6, 6.07) is 0.270. The van der Waals surface area contributed by atoms with Crippen molar-refractivity contribution >= 4 is 5.97 Å². The van der Waals surface area contributed by atoms with E-state index in [-0.39, 0.29) is 6.04 Å². The standard InChI is InChI=1S/C10H16N2O2/c1-4-5-7(2)12-6-9(10(13)14)8(3)11-12/h6-7H,4-5H2,1-3H3,(H,13,14). The summed E-state index contributed by atoms with van der Waals surface area (Å²) in [5.41, 5.74) is 0.883. The van der Waals surface area contributed by atoms with Gasteiger partial charge in [0.05, 0.1) is 5.69 Å². The summed E-state index contributed by atoms with van der Waals surface area (Å²) < 4.78 is 1.74. The van der Waals surface area contributed by atoms with Gasteiger partial charge in [-0.1, -0.05) is 13.3 Å². The molecule has 0 spiro atoms. The van der Waals surface area contributed by atoms with Crippen molar-refractivity contribution in [2.45, 2.75) is 39.7 Å². The summed E-state index contributed by atoms with van der Waals surface area (Å²) in [6.45, 7) is 5.87. The van der Waals surface area contributed by atoms with Crippen molar-refractivity contribution in [2.75, 3.05) is 0 Å². The molecule has 1 N–H and O–H groups in total. The number of aromatic nitrogens is 2. The van der Waals surface area contributed by atoms with E-state index >= 15 is 0 Å². The Bertz CT molecular complexity index is 331. The lowest BCUT2D eigenvalue weighted by Gasteiger charge is -2.09. The zero-order valence-corrected chi connectivity index (χ0v) is 8.82. The second-order valence-corrected chi connectivity index (χ2v) is 3.55. The minimum Gasteiger partial charge on any atom is -0.478 e. The van der Waals surface area contributed by atoms with Crippen molar-refractivity contribution in [3.63, 3.8) is 0 Å². The van der Waals surface area contributed by atoms with E-state index in [9.17, 15) is 4.79 Å². The van der Waals surface area contributed by atoms with Crippen LogP contribution in [0.25, 0.3) is 0 Å². The summed E-state index contributed by atoms with van der Waals surface area (Å²) in [7, 11) is 0. The highest BCUT2D eigenvalue weighted by molar-refractivity contribution is 5.88. The molecule has 1 heterocycles. The minimum atomic E-state index is -0.905. The van der Waals surface area contributed by atoms with E-state index in [0.29, 0.717) is 11.3 Å². The van der Waals surface area contributed by atoms with Gasteiger partial charge in [0.1, 0.15) is 5.56 Å². The zero-order chi connectivity index (χ0) is 10.7. The van der Waals surface area contributed by atoms with Crippen molar-refractivity contribution in [3.8, 4) is 0 Å². The van der Waals surface area contributed by atoms with Gasteiger partial charge in [0, 0.05) is 12.2 Å². The summed E-state index contributed by atoms with van der Waals surface area (Å²) in [5.74, 6) is -0.905. The summed E-state index contributed by atoms with van der Waals surface area (Å²) >= 11 is 0. The third-order valence-corrected chi connectivity index (χ3v) is 2.31. The SMILES string of the molecule is CCCC(C)n1cc(C(=O)O)c(C)n1. The molecule has 4 heteroatoms. The molecule has 0 saturated heterocycles. The Morgan fingerprint density at radius 3 is 2.79 bits per heavy atom. The Hall–Kier alpha value is -1.32. The topological polar surface area (TPSA) is 55.1 Å². The van der Waals surface area contributed by atoms with Crippen molar-refractivity contribution in [2.24, 2.45) is 0 Å². The molecule has 0 bridgehead atoms. The first-order chi connectivity index (χ1) is 6.56. The van der Waals surface area contributed by atoms with E-state index in [1.165, 1.54) is 0 Å². The van der Waals surface area contributed by atoms with E-state index in [1.807, 2.05) is 6.92 Å². The number of hydrogen-bond donors (Lipinski definition) is 1. The van der Waals surface area contributed by atoms with E-state index in [4.69, 9.17) is 5.11 Å². The minimum absolute atomic E-state index is 0.270. The fourth-order valence-corrected chi connectivity index (χ4v) is 1.47. The molecule has 78 valence electrons. The molecule has 14 heavy (non-hydrogen) atoms. The van der Waals surface area contributed by atoms with Gasteiger partial charge in [-0.25, -0.2) is 4.79 Å². The Labute approximate surface area is 83.5 Å².